The summed E-state index contributed by atoms with van der Waals surface area (Å²) >= 11 is 0. The molecule has 1 N–H and O–H groups in total. The lowest BCUT2D eigenvalue weighted by Gasteiger charge is -2.29. The van der Waals surface area contributed by atoms with Crippen LogP contribution in [0.1, 0.15) is 5.56 Å². The zero-order valence-corrected chi connectivity index (χ0v) is 12.3. The number of ether oxygens (including phenoxy) is 1. The monoisotopic (exact) mass is 277 g/mol. The number of likely N-dealkylation sites (N-methyl/N-ethyl adjacent to an activating group) is 1. The molecule has 20 heavy (non-hydrogen) atoms. The summed E-state index contributed by atoms with van der Waals surface area (Å²) in [6.45, 7) is 4.55. The van der Waals surface area contributed by atoms with E-state index < -0.39 is 0 Å². The van der Waals surface area contributed by atoms with Gasteiger partial charge in [0.1, 0.15) is 5.75 Å². The molecule has 2 rings (SSSR count). The minimum atomic E-state index is 0.198. The Morgan fingerprint density at radius 3 is 2.75 bits per heavy atom. The van der Waals surface area contributed by atoms with E-state index in [9.17, 15) is 4.79 Å². The fourth-order valence-electron chi connectivity index (χ4n) is 2.43. The average Bonchev–Trinajstić information content (AvgIpc) is 2.48. The largest absolute Gasteiger partial charge is 0.496 e. The van der Waals surface area contributed by atoms with Crippen LogP contribution in [0.3, 0.4) is 0 Å². The van der Waals surface area contributed by atoms with Crippen LogP contribution in [0.2, 0.25) is 0 Å². The standard InChI is InChI=1S/C15H23N3O2/c1-17(11-13-5-3-4-6-14(13)20-2)12-15(19)18-9-7-16-8-10-18/h3-6,16H,7-12H2,1-2H3. The van der Waals surface area contributed by atoms with Crippen molar-refractivity contribution in [3.63, 3.8) is 0 Å². The molecule has 0 spiro atoms. The molecule has 1 aromatic carbocycles. The molecular formula is C15H23N3O2. The van der Waals surface area contributed by atoms with E-state index in [1.807, 2.05) is 41.1 Å². The van der Waals surface area contributed by atoms with E-state index in [0.29, 0.717) is 13.1 Å². The van der Waals surface area contributed by atoms with E-state index in [1.54, 1.807) is 7.11 Å². The molecule has 0 radical (unpaired) electrons. The molecule has 0 unspecified atom stereocenters. The first kappa shape index (κ1) is 14.8. The zero-order valence-electron chi connectivity index (χ0n) is 12.3. The molecule has 0 atom stereocenters. The van der Waals surface area contributed by atoms with Crippen molar-refractivity contribution in [3.05, 3.63) is 29.8 Å². The predicted octanol–water partition coefficient (Wildman–Crippen LogP) is 0.559. The molecule has 1 fully saturated rings. The number of carbonyl (C=O) groups excluding carboxylic acids is 1. The molecule has 0 bridgehead atoms. The van der Waals surface area contributed by atoms with Crippen LogP contribution in [0, 0.1) is 0 Å². The van der Waals surface area contributed by atoms with Gasteiger partial charge in [0, 0.05) is 38.3 Å². The molecule has 1 saturated heterocycles. The van der Waals surface area contributed by atoms with Crippen LogP contribution in [0.25, 0.3) is 0 Å². The second kappa shape index (κ2) is 7.26. The molecule has 1 heterocycles. The Labute approximate surface area is 120 Å². The summed E-state index contributed by atoms with van der Waals surface area (Å²) in [5, 5.41) is 3.25. The number of para-hydroxylation sites is 1. The van der Waals surface area contributed by atoms with E-state index in [4.69, 9.17) is 4.74 Å². The molecule has 5 heteroatoms. The van der Waals surface area contributed by atoms with Crippen molar-refractivity contribution in [1.82, 2.24) is 15.1 Å². The van der Waals surface area contributed by atoms with Crippen LogP contribution < -0.4 is 10.1 Å². The Morgan fingerprint density at radius 2 is 2.05 bits per heavy atom. The van der Waals surface area contributed by atoms with Crippen LogP contribution in [0.4, 0.5) is 0 Å². The molecule has 1 aliphatic rings. The Balaban J connectivity index is 1.88. The van der Waals surface area contributed by atoms with Gasteiger partial charge in [-0.2, -0.15) is 0 Å². The molecule has 0 aromatic heterocycles. The highest BCUT2D eigenvalue weighted by Gasteiger charge is 2.18. The molecule has 1 amide bonds. The van der Waals surface area contributed by atoms with Gasteiger partial charge in [-0.3, -0.25) is 9.69 Å². The molecule has 1 aliphatic heterocycles. The average molecular weight is 277 g/mol. The van der Waals surface area contributed by atoms with Crippen molar-refractivity contribution in [3.8, 4) is 5.75 Å². The van der Waals surface area contributed by atoms with Gasteiger partial charge >= 0.3 is 0 Å². The highest BCUT2D eigenvalue weighted by Crippen LogP contribution is 2.18. The van der Waals surface area contributed by atoms with Crippen LogP contribution in [-0.4, -0.2) is 62.6 Å². The third-order valence-corrected chi connectivity index (χ3v) is 3.51. The number of nitrogens with one attached hydrogen (secondary N) is 1. The number of amides is 1. The van der Waals surface area contributed by atoms with E-state index in [-0.39, 0.29) is 5.91 Å². The first-order chi connectivity index (χ1) is 9.70. The maximum atomic E-state index is 12.2. The molecule has 110 valence electrons. The summed E-state index contributed by atoms with van der Waals surface area (Å²) < 4.78 is 5.34. The number of nitrogens with zero attached hydrogens (tertiary/aromatic N) is 2. The minimum Gasteiger partial charge on any atom is -0.496 e. The first-order valence-electron chi connectivity index (χ1n) is 6.99. The smallest absolute Gasteiger partial charge is 0.236 e. The van der Waals surface area contributed by atoms with Gasteiger partial charge < -0.3 is 15.0 Å². The van der Waals surface area contributed by atoms with Gasteiger partial charge in [0.05, 0.1) is 13.7 Å². The van der Waals surface area contributed by atoms with Gasteiger partial charge in [-0.1, -0.05) is 18.2 Å². The van der Waals surface area contributed by atoms with E-state index in [2.05, 4.69) is 5.32 Å². The van der Waals surface area contributed by atoms with Crippen LogP contribution >= 0.6 is 0 Å². The maximum absolute atomic E-state index is 12.2. The lowest BCUT2D eigenvalue weighted by molar-refractivity contribution is -0.132. The highest BCUT2D eigenvalue weighted by molar-refractivity contribution is 5.78. The second-order valence-corrected chi connectivity index (χ2v) is 5.11. The Morgan fingerprint density at radius 1 is 1.35 bits per heavy atom. The third kappa shape index (κ3) is 3.95. The number of hydrogen-bond acceptors (Lipinski definition) is 4. The summed E-state index contributed by atoms with van der Waals surface area (Å²) in [5.41, 5.74) is 1.10. The van der Waals surface area contributed by atoms with Crippen LogP contribution in [0.15, 0.2) is 24.3 Å². The summed E-state index contributed by atoms with van der Waals surface area (Å²) in [6.07, 6.45) is 0. The van der Waals surface area contributed by atoms with E-state index in [0.717, 1.165) is 37.5 Å². The molecule has 5 nitrogen and oxygen atoms in total. The summed E-state index contributed by atoms with van der Waals surface area (Å²) in [7, 11) is 3.64. The van der Waals surface area contributed by atoms with E-state index in [1.165, 1.54) is 0 Å². The van der Waals surface area contributed by atoms with Gasteiger partial charge in [-0.25, -0.2) is 0 Å². The van der Waals surface area contributed by atoms with Gasteiger partial charge in [0.2, 0.25) is 5.91 Å². The normalized spacial score (nSPS) is 15.4. The Hall–Kier alpha value is -1.59. The van der Waals surface area contributed by atoms with Crippen LogP contribution in [-0.2, 0) is 11.3 Å². The number of rotatable bonds is 5. The number of carbonyl (C=O) groups is 1. The number of methoxy groups -OCH3 is 1. The quantitative estimate of drug-likeness (QED) is 0.854. The van der Waals surface area contributed by atoms with Crippen molar-refractivity contribution >= 4 is 5.91 Å². The van der Waals surface area contributed by atoms with Gasteiger partial charge in [-0.15, -0.1) is 0 Å². The third-order valence-electron chi connectivity index (χ3n) is 3.51. The fraction of sp³-hybridized carbons (Fsp3) is 0.533. The van der Waals surface area contributed by atoms with E-state index >= 15 is 0 Å². The van der Waals surface area contributed by atoms with Gasteiger partial charge in [0.25, 0.3) is 0 Å². The van der Waals surface area contributed by atoms with Crippen molar-refractivity contribution in [1.29, 1.82) is 0 Å². The minimum absolute atomic E-state index is 0.198. The van der Waals surface area contributed by atoms with Crippen molar-refractivity contribution in [2.45, 2.75) is 6.54 Å². The zero-order chi connectivity index (χ0) is 14.4. The number of hydrogen-bond donors (Lipinski definition) is 1. The number of benzene rings is 1. The Kier molecular flexibility index (Phi) is 5.38. The van der Waals surface area contributed by atoms with Crippen molar-refractivity contribution in [2.24, 2.45) is 0 Å². The first-order valence-corrected chi connectivity index (χ1v) is 6.99. The van der Waals surface area contributed by atoms with Crippen molar-refractivity contribution < 1.29 is 9.53 Å². The van der Waals surface area contributed by atoms with Gasteiger partial charge in [-0.05, 0) is 13.1 Å². The lowest BCUT2D eigenvalue weighted by Crippen LogP contribution is -2.49. The topological polar surface area (TPSA) is 44.8 Å². The molecule has 1 aromatic rings. The Bertz CT molecular complexity index is 444. The summed E-state index contributed by atoms with van der Waals surface area (Å²) in [5.74, 6) is 1.07. The summed E-state index contributed by atoms with van der Waals surface area (Å²) in [6, 6.07) is 7.92. The van der Waals surface area contributed by atoms with Gasteiger partial charge in [0.15, 0.2) is 0 Å². The molecular weight excluding hydrogens is 254 g/mol. The molecule has 0 aliphatic carbocycles. The lowest BCUT2D eigenvalue weighted by atomic mass is 10.2. The van der Waals surface area contributed by atoms with Crippen LogP contribution in [0.5, 0.6) is 5.75 Å². The second-order valence-electron chi connectivity index (χ2n) is 5.11. The maximum Gasteiger partial charge on any atom is 0.236 e. The predicted molar refractivity (Wildman–Crippen MR) is 78.8 cm³/mol. The number of piperazine rings is 1. The fourth-order valence-corrected chi connectivity index (χ4v) is 2.43. The molecule has 0 saturated carbocycles. The van der Waals surface area contributed by atoms with Crippen molar-refractivity contribution in [2.75, 3.05) is 46.9 Å². The highest BCUT2D eigenvalue weighted by atomic mass is 16.5. The summed E-state index contributed by atoms with van der Waals surface area (Å²) in [4.78, 5) is 16.1. The SMILES string of the molecule is COc1ccccc1CN(C)CC(=O)N1CCNCC1.